The smallest absolute Gasteiger partial charge is 0.305 e. The third-order valence-corrected chi connectivity index (χ3v) is 3.93. The van der Waals surface area contributed by atoms with Crippen LogP contribution in [0, 0.1) is 11.7 Å². The summed E-state index contributed by atoms with van der Waals surface area (Å²) in [4.78, 5) is 25.4. The molecule has 22 heavy (non-hydrogen) atoms. The molecule has 1 heterocycles. The number of carbonyl (C=O) groups excluding carboxylic acids is 2. The van der Waals surface area contributed by atoms with Crippen LogP contribution in [0.4, 0.5) is 4.39 Å². The Balaban J connectivity index is 1.99. The molecule has 1 aromatic rings. The number of hydrogen-bond donors (Lipinski definition) is 1. The maximum absolute atomic E-state index is 12.9. The van der Waals surface area contributed by atoms with Gasteiger partial charge in [0.15, 0.2) is 0 Å². The number of ether oxygens (including phenoxy) is 1. The van der Waals surface area contributed by atoms with Gasteiger partial charge < -0.3 is 15.4 Å². The lowest BCUT2D eigenvalue weighted by Crippen LogP contribution is -2.49. The summed E-state index contributed by atoms with van der Waals surface area (Å²) in [6, 6.07) is 5.38. The fourth-order valence-electron chi connectivity index (χ4n) is 2.82. The molecule has 2 N–H and O–H groups in total. The van der Waals surface area contributed by atoms with Crippen LogP contribution >= 0.6 is 0 Å². The number of nitrogens with two attached hydrogens (primary N) is 1. The van der Waals surface area contributed by atoms with Crippen LogP contribution in [0.5, 0.6) is 0 Å². The van der Waals surface area contributed by atoms with Gasteiger partial charge in [-0.1, -0.05) is 0 Å². The van der Waals surface area contributed by atoms with Crippen molar-refractivity contribution in [2.24, 2.45) is 11.7 Å². The van der Waals surface area contributed by atoms with E-state index in [0.29, 0.717) is 31.5 Å². The fourth-order valence-corrected chi connectivity index (χ4v) is 2.82. The second kappa shape index (κ2) is 7.35. The molecule has 1 saturated heterocycles. The minimum absolute atomic E-state index is 0.110. The zero-order chi connectivity index (χ0) is 16.1. The highest BCUT2D eigenvalue weighted by molar-refractivity contribution is 5.94. The van der Waals surface area contributed by atoms with Gasteiger partial charge in [0.1, 0.15) is 5.82 Å². The van der Waals surface area contributed by atoms with Crippen LogP contribution in [0.1, 0.15) is 29.6 Å². The Hall–Kier alpha value is -1.95. The first kappa shape index (κ1) is 16.4. The maximum atomic E-state index is 12.9. The van der Waals surface area contributed by atoms with Crippen molar-refractivity contribution >= 4 is 11.9 Å². The van der Waals surface area contributed by atoms with Crippen molar-refractivity contribution in [2.45, 2.75) is 25.3 Å². The second-order valence-electron chi connectivity index (χ2n) is 5.69. The molecule has 0 aliphatic carbocycles. The third-order valence-electron chi connectivity index (χ3n) is 3.93. The van der Waals surface area contributed by atoms with Crippen molar-refractivity contribution in [3.8, 4) is 0 Å². The van der Waals surface area contributed by atoms with Gasteiger partial charge in [0.2, 0.25) is 0 Å². The molecule has 120 valence electrons. The molecule has 1 aromatic carbocycles. The summed E-state index contributed by atoms with van der Waals surface area (Å²) in [5.41, 5.74) is 6.47. The van der Waals surface area contributed by atoms with Gasteiger partial charge in [0.25, 0.3) is 5.91 Å². The molecular formula is C16H21FN2O3. The van der Waals surface area contributed by atoms with E-state index in [1.165, 1.54) is 31.4 Å². The van der Waals surface area contributed by atoms with E-state index in [0.717, 1.165) is 6.42 Å². The molecule has 0 spiro atoms. The first-order valence-corrected chi connectivity index (χ1v) is 7.37. The van der Waals surface area contributed by atoms with E-state index >= 15 is 0 Å². The van der Waals surface area contributed by atoms with E-state index in [2.05, 4.69) is 4.74 Å². The zero-order valence-corrected chi connectivity index (χ0v) is 12.6. The molecule has 0 radical (unpaired) electrons. The number of carbonyl (C=O) groups is 2. The molecule has 1 aliphatic rings. The molecule has 1 aliphatic heterocycles. The van der Waals surface area contributed by atoms with E-state index < -0.39 is 0 Å². The van der Waals surface area contributed by atoms with Gasteiger partial charge >= 0.3 is 5.97 Å². The Kier molecular flexibility index (Phi) is 5.49. The number of methoxy groups -OCH3 is 1. The normalized spacial score (nSPS) is 21.5. The number of benzene rings is 1. The molecule has 6 heteroatoms. The Bertz CT molecular complexity index is 533. The Morgan fingerprint density at radius 1 is 1.32 bits per heavy atom. The SMILES string of the molecule is COC(=O)CCC1CC(N)CN(C(=O)c2ccc(F)cc2)C1. The van der Waals surface area contributed by atoms with Gasteiger partial charge in [-0.25, -0.2) is 4.39 Å². The average molecular weight is 308 g/mol. The lowest BCUT2D eigenvalue weighted by Gasteiger charge is -2.36. The minimum atomic E-state index is -0.372. The Morgan fingerprint density at radius 2 is 2.00 bits per heavy atom. The summed E-state index contributed by atoms with van der Waals surface area (Å²) in [6.45, 7) is 1.03. The Morgan fingerprint density at radius 3 is 2.64 bits per heavy atom. The number of piperidine rings is 1. The lowest BCUT2D eigenvalue weighted by molar-refractivity contribution is -0.141. The topological polar surface area (TPSA) is 72.6 Å². The minimum Gasteiger partial charge on any atom is -0.469 e. The molecule has 0 aromatic heterocycles. The van der Waals surface area contributed by atoms with E-state index in [-0.39, 0.29) is 29.7 Å². The van der Waals surface area contributed by atoms with Crippen LogP contribution in [0.2, 0.25) is 0 Å². The summed E-state index contributed by atoms with van der Waals surface area (Å²) in [6.07, 6.45) is 1.75. The predicted octanol–water partition coefficient (Wildman–Crippen LogP) is 1.57. The third kappa shape index (κ3) is 4.27. The predicted molar refractivity (Wildman–Crippen MR) is 79.6 cm³/mol. The summed E-state index contributed by atoms with van der Waals surface area (Å²) >= 11 is 0. The summed E-state index contributed by atoms with van der Waals surface area (Å²) in [5.74, 6) is -0.608. The number of nitrogens with zero attached hydrogens (tertiary/aromatic N) is 1. The quantitative estimate of drug-likeness (QED) is 0.857. The largest absolute Gasteiger partial charge is 0.469 e. The molecule has 1 fully saturated rings. The molecule has 1 amide bonds. The van der Waals surface area contributed by atoms with Crippen LogP contribution in [0.25, 0.3) is 0 Å². The monoisotopic (exact) mass is 308 g/mol. The number of hydrogen-bond acceptors (Lipinski definition) is 4. The van der Waals surface area contributed by atoms with E-state index in [1.807, 2.05) is 0 Å². The van der Waals surface area contributed by atoms with Crippen LogP contribution in [0.15, 0.2) is 24.3 Å². The molecular weight excluding hydrogens is 287 g/mol. The highest BCUT2D eigenvalue weighted by Gasteiger charge is 2.29. The van der Waals surface area contributed by atoms with Crippen molar-refractivity contribution in [1.29, 1.82) is 0 Å². The van der Waals surface area contributed by atoms with Crippen molar-refractivity contribution in [3.05, 3.63) is 35.6 Å². The highest BCUT2D eigenvalue weighted by Crippen LogP contribution is 2.22. The van der Waals surface area contributed by atoms with Gasteiger partial charge in [0.05, 0.1) is 7.11 Å². The molecule has 0 saturated carbocycles. The number of likely N-dealkylation sites (tertiary alicyclic amines) is 1. The fraction of sp³-hybridized carbons (Fsp3) is 0.500. The van der Waals surface area contributed by atoms with Crippen LogP contribution in [-0.2, 0) is 9.53 Å². The van der Waals surface area contributed by atoms with Crippen molar-refractivity contribution < 1.29 is 18.7 Å². The van der Waals surface area contributed by atoms with Crippen LogP contribution in [0.3, 0.4) is 0 Å². The van der Waals surface area contributed by atoms with Crippen LogP contribution in [-0.4, -0.2) is 43.0 Å². The molecule has 5 nitrogen and oxygen atoms in total. The Labute approximate surface area is 129 Å². The summed E-state index contributed by atoms with van der Waals surface area (Å²) in [5, 5.41) is 0. The standard InChI is InChI=1S/C16H21FN2O3/c1-22-15(20)7-2-11-8-14(18)10-19(9-11)16(21)12-3-5-13(17)6-4-12/h3-6,11,14H,2,7-10,18H2,1H3. The number of halogens is 1. The van der Waals surface area contributed by atoms with Gasteiger partial charge in [-0.2, -0.15) is 0 Å². The summed E-state index contributed by atoms with van der Waals surface area (Å²) < 4.78 is 17.6. The van der Waals surface area contributed by atoms with Crippen LogP contribution < -0.4 is 5.73 Å². The van der Waals surface area contributed by atoms with Gasteiger partial charge in [-0.15, -0.1) is 0 Å². The molecule has 2 rings (SSSR count). The molecule has 0 bridgehead atoms. The van der Waals surface area contributed by atoms with Crippen molar-refractivity contribution in [3.63, 3.8) is 0 Å². The second-order valence-corrected chi connectivity index (χ2v) is 5.69. The van der Waals surface area contributed by atoms with E-state index in [1.54, 1.807) is 4.90 Å². The summed E-state index contributed by atoms with van der Waals surface area (Å²) in [7, 11) is 1.36. The first-order chi connectivity index (χ1) is 10.5. The van der Waals surface area contributed by atoms with Crippen molar-refractivity contribution in [2.75, 3.05) is 20.2 Å². The number of amides is 1. The lowest BCUT2D eigenvalue weighted by atomic mass is 9.90. The molecule has 2 unspecified atom stereocenters. The highest BCUT2D eigenvalue weighted by atomic mass is 19.1. The van der Waals surface area contributed by atoms with E-state index in [4.69, 9.17) is 5.73 Å². The number of esters is 1. The average Bonchev–Trinajstić information content (AvgIpc) is 2.52. The number of rotatable bonds is 4. The van der Waals surface area contributed by atoms with Gasteiger partial charge in [-0.05, 0) is 43.0 Å². The zero-order valence-electron chi connectivity index (χ0n) is 12.6. The van der Waals surface area contributed by atoms with Gasteiger partial charge in [0, 0.05) is 31.1 Å². The van der Waals surface area contributed by atoms with Gasteiger partial charge in [-0.3, -0.25) is 9.59 Å². The molecule has 2 atom stereocenters. The maximum Gasteiger partial charge on any atom is 0.305 e. The van der Waals surface area contributed by atoms with Crippen molar-refractivity contribution in [1.82, 2.24) is 4.90 Å². The van der Waals surface area contributed by atoms with E-state index in [9.17, 15) is 14.0 Å². The first-order valence-electron chi connectivity index (χ1n) is 7.37.